The molecule has 1 saturated heterocycles. The minimum atomic E-state index is -4.46. The summed E-state index contributed by atoms with van der Waals surface area (Å²) in [6.07, 6.45) is -2.31. The van der Waals surface area contributed by atoms with Crippen LogP contribution >= 0.6 is 0 Å². The van der Waals surface area contributed by atoms with E-state index in [9.17, 15) is 27.6 Å². The van der Waals surface area contributed by atoms with Crippen molar-refractivity contribution in [2.24, 2.45) is 7.05 Å². The molecule has 3 amide bonds. The summed E-state index contributed by atoms with van der Waals surface area (Å²) in [5, 5.41) is 10.5. The van der Waals surface area contributed by atoms with Gasteiger partial charge in [-0.2, -0.15) is 18.3 Å². The lowest BCUT2D eigenvalue weighted by atomic mass is 10.1. The second-order valence-electron chi connectivity index (χ2n) is 9.94. The molecule has 5 rings (SSSR count). The Hall–Kier alpha value is -4.61. The number of aryl methyl sites for hydroxylation is 2. The Bertz CT molecular complexity index is 1590. The number of hydrogen-bond donors (Lipinski definition) is 2. The number of amides is 3. The van der Waals surface area contributed by atoms with Crippen molar-refractivity contribution >= 4 is 28.7 Å². The van der Waals surface area contributed by atoms with Crippen molar-refractivity contribution in [2.45, 2.75) is 44.6 Å². The van der Waals surface area contributed by atoms with Crippen LogP contribution in [0.3, 0.4) is 0 Å². The van der Waals surface area contributed by atoms with E-state index in [4.69, 9.17) is 4.42 Å². The highest BCUT2D eigenvalue weighted by atomic mass is 19.4. The Kier molecular flexibility index (Phi) is 7.57. The molecule has 12 heteroatoms. The minimum Gasteiger partial charge on any atom is -0.463 e. The number of likely N-dealkylation sites (tertiary alicyclic amines) is 1. The van der Waals surface area contributed by atoms with Crippen LogP contribution in [0.5, 0.6) is 0 Å². The Morgan fingerprint density at radius 3 is 2.51 bits per heavy atom. The van der Waals surface area contributed by atoms with Crippen LogP contribution in [0.4, 0.5) is 13.2 Å². The summed E-state index contributed by atoms with van der Waals surface area (Å²) < 4.78 is 45.7. The van der Waals surface area contributed by atoms with Crippen LogP contribution in [0, 0.1) is 0 Å². The van der Waals surface area contributed by atoms with Gasteiger partial charge in [-0.1, -0.05) is 37.3 Å². The summed E-state index contributed by atoms with van der Waals surface area (Å²) in [4.78, 5) is 41.5. The van der Waals surface area contributed by atoms with Crippen LogP contribution in [-0.4, -0.2) is 51.0 Å². The van der Waals surface area contributed by atoms with Gasteiger partial charge >= 0.3 is 6.18 Å². The van der Waals surface area contributed by atoms with E-state index in [0.29, 0.717) is 28.6 Å². The molecule has 0 saturated carbocycles. The van der Waals surface area contributed by atoms with Crippen LogP contribution in [0.15, 0.2) is 65.3 Å². The number of alkyl halides is 3. The Morgan fingerprint density at radius 2 is 1.83 bits per heavy atom. The van der Waals surface area contributed by atoms with Gasteiger partial charge < -0.3 is 20.0 Å². The van der Waals surface area contributed by atoms with Crippen LogP contribution in [0.25, 0.3) is 11.0 Å². The van der Waals surface area contributed by atoms with Gasteiger partial charge in [0.25, 0.3) is 11.8 Å². The number of furan rings is 1. The van der Waals surface area contributed by atoms with Crippen LogP contribution < -0.4 is 10.6 Å². The molecule has 1 fully saturated rings. The van der Waals surface area contributed by atoms with Crippen molar-refractivity contribution < 1.29 is 32.0 Å². The average Bonchev–Trinajstić information content (AvgIpc) is 3.67. The minimum absolute atomic E-state index is 0.0318. The molecule has 2 aromatic carbocycles. The maximum absolute atomic E-state index is 13.7. The molecule has 3 heterocycles. The van der Waals surface area contributed by atoms with Gasteiger partial charge in [-0.3, -0.25) is 19.1 Å². The summed E-state index contributed by atoms with van der Waals surface area (Å²) in [5.74, 6) is -1.30. The topological polar surface area (TPSA) is 109 Å². The zero-order chi connectivity index (χ0) is 29.3. The monoisotopic (exact) mass is 567 g/mol. The predicted octanol–water partition coefficient (Wildman–Crippen LogP) is 4.08. The van der Waals surface area contributed by atoms with Gasteiger partial charge in [0.1, 0.15) is 23.6 Å². The van der Waals surface area contributed by atoms with Gasteiger partial charge in [0, 0.05) is 31.6 Å². The first-order valence-electron chi connectivity index (χ1n) is 13.1. The first-order valence-corrected chi connectivity index (χ1v) is 13.1. The number of benzene rings is 2. The highest BCUT2D eigenvalue weighted by Gasteiger charge is 2.41. The highest BCUT2D eigenvalue weighted by molar-refractivity contribution is 6.07. The SMILES string of the molecule is CCc1cc(C(=O)N[C@@H]2C[C@@H](C(=O)NCc3ccc(C(F)(F)F)cc3)N(C(=O)c3coc4ccccc34)C2)n(C)n1. The smallest absolute Gasteiger partial charge is 0.416 e. The molecule has 2 atom stereocenters. The Morgan fingerprint density at radius 1 is 1.10 bits per heavy atom. The first-order chi connectivity index (χ1) is 19.5. The molecule has 0 spiro atoms. The van der Waals surface area contributed by atoms with Gasteiger partial charge in [0.05, 0.1) is 16.8 Å². The maximum atomic E-state index is 13.7. The second kappa shape index (κ2) is 11.1. The summed E-state index contributed by atoms with van der Waals surface area (Å²) >= 11 is 0. The number of nitrogens with zero attached hydrogens (tertiary/aromatic N) is 3. The van der Waals surface area contributed by atoms with E-state index in [0.717, 1.165) is 17.8 Å². The van der Waals surface area contributed by atoms with E-state index in [1.165, 1.54) is 28.0 Å². The van der Waals surface area contributed by atoms with E-state index in [-0.39, 0.29) is 31.0 Å². The first kappa shape index (κ1) is 27.9. The number of halogens is 3. The van der Waals surface area contributed by atoms with Crippen LogP contribution in [-0.2, 0) is 31.0 Å². The molecular weight excluding hydrogens is 539 g/mol. The molecule has 0 unspecified atom stereocenters. The number of aromatic nitrogens is 2. The molecule has 2 aromatic heterocycles. The van der Waals surface area contributed by atoms with E-state index < -0.39 is 35.6 Å². The molecular formula is C29H28F3N5O4. The maximum Gasteiger partial charge on any atom is 0.416 e. The van der Waals surface area contributed by atoms with E-state index in [2.05, 4.69) is 15.7 Å². The lowest BCUT2D eigenvalue weighted by Crippen LogP contribution is -2.45. The fourth-order valence-corrected chi connectivity index (χ4v) is 5.00. The molecule has 41 heavy (non-hydrogen) atoms. The fourth-order valence-electron chi connectivity index (χ4n) is 5.00. The Balaban J connectivity index is 1.35. The number of carbonyl (C=O) groups excluding carboxylic acids is 3. The van der Waals surface area contributed by atoms with Gasteiger partial charge in [0.2, 0.25) is 5.91 Å². The van der Waals surface area contributed by atoms with Crippen LogP contribution in [0.1, 0.15) is 51.0 Å². The molecule has 1 aliphatic heterocycles. The zero-order valence-electron chi connectivity index (χ0n) is 22.4. The molecule has 4 aromatic rings. The lowest BCUT2D eigenvalue weighted by Gasteiger charge is -2.23. The largest absolute Gasteiger partial charge is 0.463 e. The summed E-state index contributed by atoms with van der Waals surface area (Å²) in [6.45, 7) is 1.97. The summed E-state index contributed by atoms with van der Waals surface area (Å²) in [5.41, 5.74) is 1.60. The van der Waals surface area contributed by atoms with E-state index in [1.54, 1.807) is 37.4 Å². The van der Waals surface area contributed by atoms with Crippen molar-refractivity contribution in [3.63, 3.8) is 0 Å². The fraction of sp³-hybridized carbons (Fsp3) is 0.310. The summed E-state index contributed by atoms with van der Waals surface area (Å²) in [7, 11) is 1.67. The third-order valence-corrected chi connectivity index (χ3v) is 7.18. The number of para-hydroxylation sites is 1. The van der Waals surface area contributed by atoms with Gasteiger partial charge in [0.15, 0.2) is 0 Å². The normalized spacial score (nSPS) is 17.1. The third kappa shape index (κ3) is 5.81. The standard InChI is InChI=1S/C29H28F3N5O4/c1-3-19-12-23(36(2)35-19)27(39)34-20-13-24(26(38)33-14-17-8-10-18(11-9-17)29(30,31)32)37(15-20)28(40)22-16-41-25-7-5-4-6-21(22)25/h4-12,16,20,24H,3,13-15H2,1-2H3,(H,33,38)(H,34,39)/t20-,24+/m1/s1. The van der Waals surface area contributed by atoms with Gasteiger partial charge in [-0.25, -0.2) is 0 Å². The molecule has 214 valence electrons. The number of hydrogen-bond acceptors (Lipinski definition) is 5. The van der Waals surface area contributed by atoms with Crippen LogP contribution in [0.2, 0.25) is 0 Å². The molecule has 2 N–H and O–H groups in total. The van der Waals surface area contributed by atoms with Crippen molar-refractivity contribution in [1.29, 1.82) is 0 Å². The quantitative estimate of drug-likeness (QED) is 0.350. The highest BCUT2D eigenvalue weighted by Crippen LogP contribution is 2.29. The number of nitrogens with one attached hydrogen (secondary N) is 2. The Labute approximate surface area is 233 Å². The second-order valence-corrected chi connectivity index (χ2v) is 9.94. The number of carbonyl (C=O) groups is 3. The van der Waals surface area contributed by atoms with Crippen molar-refractivity contribution in [1.82, 2.24) is 25.3 Å². The van der Waals surface area contributed by atoms with Crippen molar-refractivity contribution in [2.75, 3.05) is 6.54 Å². The van der Waals surface area contributed by atoms with Gasteiger partial charge in [-0.15, -0.1) is 0 Å². The van der Waals surface area contributed by atoms with Gasteiger partial charge in [-0.05, 0) is 42.7 Å². The van der Waals surface area contributed by atoms with E-state index in [1.807, 2.05) is 6.92 Å². The average molecular weight is 568 g/mol. The third-order valence-electron chi connectivity index (χ3n) is 7.18. The molecule has 1 aliphatic rings. The molecule has 0 aliphatic carbocycles. The van der Waals surface area contributed by atoms with Crippen molar-refractivity contribution in [3.8, 4) is 0 Å². The summed E-state index contributed by atoms with van der Waals surface area (Å²) in [6, 6.07) is 11.7. The molecule has 0 radical (unpaired) electrons. The van der Waals surface area contributed by atoms with E-state index >= 15 is 0 Å². The van der Waals surface area contributed by atoms with Crippen molar-refractivity contribution in [3.05, 3.63) is 88.9 Å². The lowest BCUT2D eigenvalue weighted by molar-refractivity contribution is -0.137. The zero-order valence-corrected chi connectivity index (χ0v) is 22.4. The number of fused-ring (bicyclic) bond motifs is 1. The molecule has 0 bridgehead atoms. The molecule has 9 nitrogen and oxygen atoms in total. The predicted molar refractivity (Wildman–Crippen MR) is 143 cm³/mol. The number of rotatable bonds is 7.